The summed E-state index contributed by atoms with van der Waals surface area (Å²) in [6.45, 7) is 4.77. The number of morpholine rings is 1. The first-order valence-electron chi connectivity index (χ1n) is 9.43. The number of nitrogens with zero attached hydrogens (tertiary/aromatic N) is 3. The highest BCUT2D eigenvalue weighted by Gasteiger charge is 2.19. The molecule has 0 unspecified atom stereocenters. The lowest BCUT2D eigenvalue weighted by atomic mass is 9.96. The van der Waals surface area contributed by atoms with Crippen LogP contribution in [0.3, 0.4) is 0 Å². The molecule has 0 saturated carbocycles. The van der Waals surface area contributed by atoms with Gasteiger partial charge in [0.2, 0.25) is 0 Å². The third-order valence-electron chi connectivity index (χ3n) is 5.06. The average molecular weight is 368 g/mol. The molecule has 1 amide bonds. The second kappa shape index (κ2) is 8.45. The third-order valence-corrected chi connectivity index (χ3v) is 5.06. The first kappa shape index (κ1) is 17.9. The van der Waals surface area contributed by atoms with Gasteiger partial charge in [0.25, 0.3) is 5.91 Å². The number of rotatable bonds is 4. The van der Waals surface area contributed by atoms with E-state index in [1.807, 2.05) is 24.3 Å². The molecule has 1 N–H and O–H groups in total. The van der Waals surface area contributed by atoms with Gasteiger partial charge in [-0.1, -0.05) is 0 Å². The third kappa shape index (κ3) is 4.43. The summed E-state index contributed by atoms with van der Waals surface area (Å²) in [5.41, 5.74) is 3.20. The molecule has 142 valence electrons. The first-order chi connectivity index (χ1) is 13.3. The predicted molar refractivity (Wildman–Crippen MR) is 102 cm³/mol. The molecule has 2 fully saturated rings. The number of aromatic nitrogens is 2. The number of amides is 1. The van der Waals surface area contributed by atoms with Crippen molar-refractivity contribution in [1.82, 2.24) is 9.97 Å². The summed E-state index contributed by atoms with van der Waals surface area (Å²) < 4.78 is 10.8. The Morgan fingerprint density at radius 1 is 1.00 bits per heavy atom. The largest absolute Gasteiger partial charge is 0.381 e. The Morgan fingerprint density at radius 3 is 2.44 bits per heavy atom. The van der Waals surface area contributed by atoms with Crippen LogP contribution in [-0.2, 0) is 9.47 Å². The van der Waals surface area contributed by atoms with Gasteiger partial charge in [-0.2, -0.15) is 0 Å². The smallest absolute Gasteiger partial charge is 0.274 e. The fraction of sp³-hybridized carbons (Fsp3) is 0.450. The van der Waals surface area contributed by atoms with Gasteiger partial charge in [0.1, 0.15) is 12.0 Å². The molecule has 0 bridgehead atoms. The molecule has 3 heterocycles. The summed E-state index contributed by atoms with van der Waals surface area (Å²) in [6, 6.07) is 9.68. The lowest BCUT2D eigenvalue weighted by molar-refractivity contribution is 0.0844. The quantitative estimate of drug-likeness (QED) is 0.893. The maximum absolute atomic E-state index is 12.6. The number of benzene rings is 1. The van der Waals surface area contributed by atoms with E-state index >= 15 is 0 Å². The van der Waals surface area contributed by atoms with Gasteiger partial charge >= 0.3 is 0 Å². The van der Waals surface area contributed by atoms with E-state index in [9.17, 15) is 4.79 Å². The molecule has 7 heteroatoms. The van der Waals surface area contributed by atoms with Crippen LogP contribution >= 0.6 is 0 Å². The number of carbonyl (C=O) groups is 1. The fourth-order valence-electron chi connectivity index (χ4n) is 3.49. The van der Waals surface area contributed by atoms with Crippen molar-refractivity contribution in [2.75, 3.05) is 49.7 Å². The van der Waals surface area contributed by atoms with E-state index in [1.54, 1.807) is 6.07 Å². The number of ether oxygens (including phenoxy) is 2. The van der Waals surface area contributed by atoms with Crippen molar-refractivity contribution in [2.45, 2.75) is 18.8 Å². The molecule has 7 nitrogen and oxygen atoms in total. The summed E-state index contributed by atoms with van der Waals surface area (Å²) in [4.78, 5) is 23.4. The number of hydrogen-bond acceptors (Lipinski definition) is 6. The molecule has 2 saturated heterocycles. The van der Waals surface area contributed by atoms with Crippen LogP contribution in [0.2, 0.25) is 0 Å². The topological polar surface area (TPSA) is 76.6 Å². The van der Waals surface area contributed by atoms with Crippen LogP contribution in [0, 0.1) is 0 Å². The summed E-state index contributed by atoms with van der Waals surface area (Å²) in [5.74, 6) is 0.117. The van der Waals surface area contributed by atoms with E-state index in [-0.39, 0.29) is 5.91 Å². The van der Waals surface area contributed by atoms with Crippen molar-refractivity contribution in [2.24, 2.45) is 0 Å². The van der Waals surface area contributed by atoms with E-state index in [2.05, 4.69) is 20.2 Å². The molecule has 27 heavy (non-hydrogen) atoms. The number of nitrogens with one attached hydrogen (secondary N) is 1. The minimum atomic E-state index is -0.218. The standard InChI is InChI=1S/C20H24N4O3/c25-20(19-13-18(21-14-22-19)15-5-9-26-10-6-15)23-16-1-3-17(4-2-16)24-7-11-27-12-8-24/h1-4,13-15H,5-12H2,(H,23,25). The highest BCUT2D eigenvalue weighted by Crippen LogP contribution is 2.25. The lowest BCUT2D eigenvalue weighted by Gasteiger charge is -2.28. The van der Waals surface area contributed by atoms with E-state index in [4.69, 9.17) is 9.47 Å². The van der Waals surface area contributed by atoms with E-state index < -0.39 is 0 Å². The summed E-state index contributed by atoms with van der Waals surface area (Å²) >= 11 is 0. The van der Waals surface area contributed by atoms with Crippen molar-refractivity contribution in [3.8, 4) is 0 Å². The molecule has 1 aromatic carbocycles. The Bertz CT molecular complexity index is 769. The summed E-state index contributed by atoms with van der Waals surface area (Å²) in [6.07, 6.45) is 3.34. The monoisotopic (exact) mass is 368 g/mol. The van der Waals surface area contributed by atoms with Gasteiger partial charge in [0.05, 0.1) is 13.2 Å². The van der Waals surface area contributed by atoms with Crippen molar-refractivity contribution in [3.63, 3.8) is 0 Å². The fourth-order valence-corrected chi connectivity index (χ4v) is 3.49. The molecule has 1 aromatic heterocycles. The van der Waals surface area contributed by atoms with Crippen molar-refractivity contribution in [1.29, 1.82) is 0 Å². The number of hydrogen-bond donors (Lipinski definition) is 1. The van der Waals surface area contributed by atoms with Crippen LogP contribution in [0.15, 0.2) is 36.7 Å². The first-order valence-corrected chi connectivity index (χ1v) is 9.43. The van der Waals surface area contributed by atoms with E-state index in [0.29, 0.717) is 11.6 Å². The van der Waals surface area contributed by atoms with Crippen LogP contribution in [-0.4, -0.2) is 55.4 Å². The molecule has 4 rings (SSSR count). The number of anilines is 2. The minimum absolute atomic E-state index is 0.218. The van der Waals surface area contributed by atoms with Gasteiger partial charge in [-0.15, -0.1) is 0 Å². The van der Waals surface area contributed by atoms with Gasteiger partial charge in [-0.05, 0) is 43.2 Å². The summed E-state index contributed by atoms with van der Waals surface area (Å²) in [7, 11) is 0. The maximum Gasteiger partial charge on any atom is 0.274 e. The van der Waals surface area contributed by atoms with Crippen molar-refractivity contribution >= 4 is 17.3 Å². The van der Waals surface area contributed by atoms with Gasteiger partial charge in [0.15, 0.2) is 0 Å². The minimum Gasteiger partial charge on any atom is -0.381 e. The molecule has 2 aromatic rings. The molecule has 2 aliphatic rings. The van der Waals surface area contributed by atoms with Crippen LogP contribution in [0.4, 0.5) is 11.4 Å². The Hall–Kier alpha value is -2.51. The molecule has 0 spiro atoms. The highest BCUT2D eigenvalue weighted by atomic mass is 16.5. The maximum atomic E-state index is 12.6. The predicted octanol–water partition coefficient (Wildman–Crippen LogP) is 2.46. The van der Waals surface area contributed by atoms with Gasteiger partial charge in [-0.3, -0.25) is 4.79 Å². The van der Waals surface area contributed by atoms with Gasteiger partial charge < -0.3 is 19.7 Å². The zero-order chi connectivity index (χ0) is 18.5. The van der Waals surface area contributed by atoms with Crippen molar-refractivity contribution in [3.05, 3.63) is 48.0 Å². The molecular weight excluding hydrogens is 344 g/mol. The van der Waals surface area contributed by atoms with Crippen molar-refractivity contribution < 1.29 is 14.3 Å². The highest BCUT2D eigenvalue weighted by molar-refractivity contribution is 6.02. The van der Waals surface area contributed by atoms with E-state index in [0.717, 1.165) is 69.4 Å². The average Bonchev–Trinajstić information content (AvgIpc) is 2.75. The molecular formula is C20H24N4O3. The van der Waals surface area contributed by atoms with Crippen LogP contribution < -0.4 is 10.2 Å². The molecule has 0 radical (unpaired) electrons. The van der Waals surface area contributed by atoms with E-state index in [1.165, 1.54) is 6.33 Å². The Labute approximate surface area is 158 Å². The van der Waals surface area contributed by atoms with Crippen LogP contribution in [0.25, 0.3) is 0 Å². The SMILES string of the molecule is O=C(Nc1ccc(N2CCOCC2)cc1)c1cc(C2CCOCC2)ncn1. The molecule has 0 atom stereocenters. The normalized spacial score (nSPS) is 18.3. The number of carbonyl (C=O) groups excluding carboxylic acids is 1. The van der Waals surface area contributed by atoms with Gasteiger partial charge in [-0.25, -0.2) is 9.97 Å². The van der Waals surface area contributed by atoms with Crippen LogP contribution in [0.1, 0.15) is 34.9 Å². The van der Waals surface area contributed by atoms with Crippen LogP contribution in [0.5, 0.6) is 0 Å². The molecule has 2 aliphatic heterocycles. The molecule has 0 aliphatic carbocycles. The Morgan fingerprint density at radius 2 is 1.70 bits per heavy atom. The van der Waals surface area contributed by atoms with Gasteiger partial charge in [0, 0.05) is 49.3 Å². The zero-order valence-corrected chi connectivity index (χ0v) is 15.3. The second-order valence-electron chi connectivity index (χ2n) is 6.82. The Kier molecular flexibility index (Phi) is 5.60. The zero-order valence-electron chi connectivity index (χ0n) is 15.3. The second-order valence-corrected chi connectivity index (χ2v) is 6.82. The Balaban J connectivity index is 1.41. The lowest BCUT2D eigenvalue weighted by Crippen LogP contribution is -2.36. The summed E-state index contributed by atoms with van der Waals surface area (Å²) in [5, 5.41) is 2.92.